The first kappa shape index (κ1) is 21.7. The second kappa shape index (κ2) is 10.1. The Balaban J connectivity index is 1.75. The Morgan fingerprint density at radius 3 is 2.39 bits per heavy atom. The number of hydrazine groups is 1. The summed E-state index contributed by atoms with van der Waals surface area (Å²) in [5, 5.41) is 3.10. The van der Waals surface area contributed by atoms with Crippen LogP contribution in [0.3, 0.4) is 0 Å². The SMILES string of the molecule is Cc1cc(OCC(=O)NNC(=S)NC(=O)c2ccc(C(C)C)cc2)ccc1Cl. The van der Waals surface area contributed by atoms with Crippen molar-refractivity contribution in [2.24, 2.45) is 0 Å². The maximum atomic E-state index is 12.2. The molecular weight excluding hydrogens is 398 g/mol. The van der Waals surface area contributed by atoms with E-state index < -0.39 is 5.91 Å². The first-order valence-corrected chi connectivity index (χ1v) is 9.44. The highest BCUT2D eigenvalue weighted by Gasteiger charge is 2.10. The van der Waals surface area contributed by atoms with Gasteiger partial charge in [-0.1, -0.05) is 37.6 Å². The molecule has 148 valence electrons. The van der Waals surface area contributed by atoms with Gasteiger partial charge in [0.2, 0.25) is 0 Å². The molecule has 2 rings (SSSR count). The number of amides is 2. The molecule has 0 aliphatic heterocycles. The monoisotopic (exact) mass is 419 g/mol. The van der Waals surface area contributed by atoms with Crippen LogP contribution < -0.4 is 20.9 Å². The van der Waals surface area contributed by atoms with Gasteiger partial charge in [0.05, 0.1) is 0 Å². The summed E-state index contributed by atoms with van der Waals surface area (Å²) < 4.78 is 5.38. The average molecular weight is 420 g/mol. The number of nitrogens with one attached hydrogen (secondary N) is 3. The second-order valence-electron chi connectivity index (χ2n) is 6.43. The van der Waals surface area contributed by atoms with E-state index in [9.17, 15) is 9.59 Å². The number of aryl methyl sites for hydroxylation is 1. The van der Waals surface area contributed by atoms with E-state index in [1.54, 1.807) is 30.3 Å². The molecule has 0 fully saturated rings. The van der Waals surface area contributed by atoms with E-state index in [0.29, 0.717) is 22.3 Å². The van der Waals surface area contributed by atoms with E-state index in [-0.39, 0.29) is 17.6 Å². The van der Waals surface area contributed by atoms with Gasteiger partial charge in [-0.3, -0.25) is 25.8 Å². The highest BCUT2D eigenvalue weighted by Crippen LogP contribution is 2.20. The molecule has 0 atom stereocenters. The van der Waals surface area contributed by atoms with Crippen molar-refractivity contribution in [1.29, 1.82) is 0 Å². The summed E-state index contributed by atoms with van der Waals surface area (Å²) in [7, 11) is 0. The van der Waals surface area contributed by atoms with Gasteiger partial charge in [0.15, 0.2) is 11.7 Å². The summed E-state index contributed by atoms with van der Waals surface area (Å²) in [6, 6.07) is 12.4. The molecule has 6 nitrogen and oxygen atoms in total. The van der Waals surface area contributed by atoms with E-state index in [1.165, 1.54) is 0 Å². The lowest BCUT2D eigenvalue weighted by molar-refractivity contribution is -0.123. The van der Waals surface area contributed by atoms with Crippen molar-refractivity contribution >= 4 is 40.7 Å². The standard InChI is InChI=1S/C20H22ClN3O3S/c1-12(2)14-4-6-15(7-5-14)19(26)22-20(28)24-23-18(25)11-27-16-8-9-17(21)13(3)10-16/h4-10,12H,11H2,1-3H3,(H,23,25)(H2,22,24,26,28). The molecule has 0 heterocycles. The van der Waals surface area contributed by atoms with Crippen LogP contribution in [-0.2, 0) is 4.79 Å². The minimum atomic E-state index is -0.453. The number of carbonyl (C=O) groups is 2. The van der Waals surface area contributed by atoms with E-state index in [1.807, 2.05) is 19.1 Å². The van der Waals surface area contributed by atoms with Crippen LogP contribution in [0.1, 0.15) is 41.3 Å². The molecule has 0 saturated heterocycles. The van der Waals surface area contributed by atoms with E-state index in [2.05, 4.69) is 30.0 Å². The predicted molar refractivity (Wildman–Crippen MR) is 114 cm³/mol. The Hall–Kier alpha value is -2.64. The molecule has 0 aliphatic carbocycles. The molecule has 8 heteroatoms. The summed E-state index contributed by atoms with van der Waals surface area (Å²) in [5.74, 6) is 0.0901. The maximum Gasteiger partial charge on any atom is 0.276 e. The Morgan fingerprint density at radius 1 is 1.11 bits per heavy atom. The molecule has 0 radical (unpaired) electrons. The van der Waals surface area contributed by atoms with Gasteiger partial charge in [-0.2, -0.15) is 0 Å². The largest absolute Gasteiger partial charge is 0.484 e. The lowest BCUT2D eigenvalue weighted by Gasteiger charge is -2.12. The van der Waals surface area contributed by atoms with Crippen LogP contribution in [-0.4, -0.2) is 23.5 Å². The van der Waals surface area contributed by atoms with E-state index in [0.717, 1.165) is 11.1 Å². The fourth-order valence-electron chi connectivity index (χ4n) is 2.24. The average Bonchev–Trinajstić information content (AvgIpc) is 2.67. The quantitative estimate of drug-likeness (QED) is 0.510. The van der Waals surface area contributed by atoms with Gasteiger partial charge in [-0.15, -0.1) is 0 Å². The molecule has 0 bridgehead atoms. The third-order valence-corrected chi connectivity index (χ3v) is 4.51. The van der Waals surface area contributed by atoms with Crippen LogP contribution in [0, 0.1) is 6.92 Å². The molecule has 2 aromatic rings. The Bertz CT molecular complexity index is 869. The van der Waals surface area contributed by atoms with Crippen molar-refractivity contribution in [1.82, 2.24) is 16.2 Å². The van der Waals surface area contributed by atoms with Gasteiger partial charge in [0.1, 0.15) is 5.75 Å². The lowest BCUT2D eigenvalue weighted by atomic mass is 10.0. The number of ether oxygens (including phenoxy) is 1. The highest BCUT2D eigenvalue weighted by atomic mass is 35.5. The number of hydrogen-bond donors (Lipinski definition) is 3. The minimum Gasteiger partial charge on any atom is -0.484 e. The summed E-state index contributed by atoms with van der Waals surface area (Å²) in [6.07, 6.45) is 0. The molecule has 2 amide bonds. The number of rotatable bonds is 5. The topological polar surface area (TPSA) is 79.5 Å². The van der Waals surface area contributed by atoms with Crippen LogP contribution in [0.2, 0.25) is 5.02 Å². The van der Waals surface area contributed by atoms with Crippen molar-refractivity contribution in [3.8, 4) is 5.75 Å². The third-order valence-electron chi connectivity index (χ3n) is 3.88. The molecule has 0 aromatic heterocycles. The fourth-order valence-corrected chi connectivity index (χ4v) is 2.51. The summed E-state index contributed by atoms with van der Waals surface area (Å²) in [6.45, 7) is 5.78. The van der Waals surface area contributed by atoms with Crippen molar-refractivity contribution in [3.05, 3.63) is 64.2 Å². The molecular formula is C20H22ClN3O3S. The molecule has 0 saturated carbocycles. The molecule has 2 aromatic carbocycles. The summed E-state index contributed by atoms with van der Waals surface area (Å²) in [4.78, 5) is 24.0. The van der Waals surface area contributed by atoms with Crippen molar-refractivity contribution < 1.29 is 14.3 Å². The summed E-state index contributed by atoms with van der Waals surface area (Å²) >= 11 is 11.0. The Labute approximate surface area is 174 Å². The minimum absolute atomic E-state index is 0.0198. The van der Waals surface area contributed by atoms with Crippen molar-refractivity contribution in [2.45, 2.75) is 26.7 Å². The molecule has 28 heavy (non-hydrogen) atoms. The highest BCUT2D eigenvalue weighted by molar-refractivity contribution is 7.80. The maximum absolute atomic E-state index is 12.2. The van der Waals surface area contributed by atoms with Crippen LogP contribution in [0.15, 0.2) is 42.5 Å². The molecule has 3 N–H and O–H groups in total. The number of thiocarbonyl (C=S) groups is 1. The molecule has 0 aliphatic rings. The van der Waals surface area contributed by atoms with Crippen molar-refractivity contribution in [3.63, 3.8) is 0 Å². The third kappa shape index (κ3) is 6.51. The van der Waals surface area contributed by atoms with Gasteiger partial charge in [-0.25, -0.2) is 0 Å². The summed E-state index contributed by atoms with van der Waals surface area (Å²) in [5.41, 5.74) is 7.29. The van der Waals surface area contributed by atoms with Gasteiger partial charge < -0.3 is 4.74 Å². The van der Waals surface area contributed by atoms with Gasteiger partial charge >= 0.3 is 0 Å². The Morgan fingerprint density at radius 2 is 1.79 bits per heavy atom. The van der Waals surface area contributed by atoms with Crippen LogP contribution in [0.4, 0.5) is 0 Å². The van der Waals surface area contributed by atoms with Crippen LogP contribution in [0.25, 0.3) is 0 Å². The zero-order chi connectivity index (χ0) is 20.7. The molecule has 0 unspecified atom stereocenters. The lowest BCUT2D eigenvalue weighted by Crippen LogP contribution is -2.49. The predicted octanol–water partition coefficient (Wildman–Crippen LogP) is 3.49. The van der Waals surface area contributed by atoms with Gasteiger partial charge in [-0.05, 0) is 66.5 Å². The first-order valence-electron chi connectivity index (χ1n) is 8.65. The van der Waals surface area contributed by atoms with E-state index in [4.69, 9.17) is 28.6 Å². The van der Waals surface area contributed by atoms with Crippen LogP contribution >= 0.6 is 23.8 Å². The molecule has 0 spiro atoms. The number of halogens is 1. The normalized spacial score (nSPS) is 10.3. The number of hydrogen-bond acceptors (Lipinski definition) is 4. The zero-order valence-corrected chi connectivity index (χ0v) is 17.4. The number of benzene rings is 2. The van der Waals surface area contributed by atoms with E-state index >= 15 is 0 Å². The Kier molecular flexibility index (Phi) is 7.78. The first-order chi connectivity index (χ1) is 13.3. The zero-order valence-electron chi connectivity index (χ0n) is 15.8. The van der Waals surface area contributed by atoms with Gasteiger partial charge in [0, 0.05) is 10.6 Å². The second-order valence-corrected chi connectivity index (χ2v) is 7.25. The van der Waals surface area contributed by atoms with Crippen molar-refractivity contribution in [2.75, 3.05) is 6.61 Å². The number of carbonyl (C=O) groups excluding carboxylic acids is 2. The fraction of sp³-hybridized carbons (Fsp3) is 0.250. The van der Waals surface area contributed by atoms with Gasteiger partial charge in [0.25, 0.3) is 11.8 Å². The van der Waals surface area contributed by atoms with Crippen LogP contribution in [0.5, 0.6) is 5.75 Å². The smallest absolute Gasteiger partial charge is 0.276 e.